The van der Waals surface area contributed by atoms with E-state index in [1.54, 1.807) is 11.8 Å². The van der Waals surface area contributed by atoms with Crippen molar-refractivity contribution < 1.29 is 10.3 Å². The third-order valence-electron chi connectivity index (χ3n) is 1.64. The molecular formula is C8H18N2O2S. The van der Waals surface area contributed by atoms with Crippen molar-refractivity contribution in [1.82, 2.24) is 0 Å². The highest BCUT2D eigenvalue weighted by Crippen LogP contribution is 2.15. The minimum Gasteiger partial charge on any atom is -0.409 e. The highest BCUT2D eigenvalue weighted by molar-refractivity contribution is 7.99. The van der Waals surface area contributed by atoms with E-state index in [1.807, 2.05) is 0 Å². The zero-order valence-electron chi connectivity index (χ0n) is 7.94. The third kappa shape index (κ3) is 7.93. The molecule has 0 aliphatic rings. The molecule has 13 heavy (non-hydrogen) atoms. The molecule has 5 heteroatoms. The summed E-state index contributed by atoms with van der Waals surface area (Å²) in [5.74, 6) is 1.27. The van der Waals surface area contributed by atoms with Crippen molar-refractivity contribution in [3.63, 3.8) is 0 Å². The Balaban J connectivity index is 3.25. The van der Waals surface area contributed by atoms with Crippen LogP contribution in [0.5, 0.6) is 0 Å². The molecule has 0 saturated carbocycles. The average Bonchev–Trinajstić information content (AvgIpc) is 2.12. The molecule has 0 rings (SSSR count). The molecule has 1 atom stereocenters. The van der Waals surface area contributed by atoms with Crippen LogP contribution in [0.2, 0.25) is 0 Å². The molecule has 0 fully saturated rings. The number of rotatable bonds is 7. The van der Waals surface area contributed by atoms with Crippen LogP contribution >= 0.6 is 11.8 Å². The van der Waals surface area contributed by atoms with E-state index < -0.39 is 0 Å². The van der Waals surface area contributed by atoms with Crippen LogP contribution in [0.4, 0.5) is 0 Å². The molecule has 0 aliphatic carbocycles. The summed E-state index contributed by atoms with van der Waals surface area (Å²) in [5.41, 5.74) is 5.30. The van der Waals surface area contributed by atoms with E-state index in [0.717, 1.165) is 18.6 Å². The van der Waals surface area contributed by atoms with Gasteiger partial charge >= 0.3 is 0 Å². The summed E-state index contributed by atoms with van der Waals surface area (Å²) < 4.78 is 0. The summed E-state index contributed by atoms with van der Waals surface area (Å²) >= 11 is 1.80. The lowest BCUT2D eigenvalue weighted by molar-refractivity contribution is 0.289. The van der Waals surface area contributed by atoms with Crippen LogP contribution in [0, 0.1) is 0 Å². The van der Waals surface area contributed by atoms with Crippen LogP contribution in [-0.4, -0.2) is 33.8 Å². The van der Waals surface area contributed by atoms with Crippen molar-refractivity contribution in [1.29, 1.82) is 0 Å². The lowest BCUT2D eigenvalue weighted by Crippen LogP contribution is -2.11. The fourth-order valence-electron chi connectivity index (χ4n) is 0.853. The minimum atomic E-state index is 0.244. The Bertz CT molecular complexity index is 153. The van der Waals surface area contributed by atoms with Gasteiger partial charge in [0.15, 0.2) is 0 Å². The first-order chi connectivity index (χ1) is 6.20. The van der Waals surface area contributed by atoms with E-state index >= 15 is 0 Å². The molecular weight excluding hydrogens is 188 g/mol. The fraction of sp³-hybridized carbons (Fsp3) is 0.875. The van der Waals surface area contributed by atoms with E-state index in [-0.39, 0.29) is 12.4 Å². The second kappa shape index (κ2) is 8.19. The van der Waals surface area contributed by atoms with Crippen LogP contribution in [0.15, 0.2) is 5.16 Å². The number of hydrogen-bond donors (Lipinski definition) is 3. The molecule has 0 saturated heterocycles. The molecule has 0 spiro atoms. The number of amidine groups is 1. The summed E-state index contributed by atoms with van der Waals surface area (Å²) in [6, 6.07) is 0. The van der Waals surface area contributed by atoms with Crippen LogP contribution in [-0.2, 0) is 0 Å². The van der Waals surface area contributed by atoms with E-state index in [0.29, 0.717) is 11.7 Å². The van der Waals surface area contributed by atoms with Gasteiger partial charge < -0.3 is 16.0 Å². The summed E-state index contributed by atoms with van der Waals surface area (Å²) in [6.45, 7) is 2.33. The fourth-order valence-corrected chi connectivity index (χ4v) is 1.84. The first-order valence-electron chi connectivity index (χ1n) is 4.39. The molecule has 0 aromatic heterocycles. The zero-order chi connectivity index (χ0) is 10.1. The maximum atomic E-state index is 8.63. The van der Waals surface area contributed by atoms with Gasteiger partial charge in [-0.25, -0.2) is 0 Å². The van der Waals surface area contributed by atoms with Gasteiger partial charge in [-0.05, 0) is 18.6 Å². The largest absolute Gasteiger partial charge is 0.409 e. The second-order valence-electron chi connectivity index (χ2n) is 2.89. The van der Waals surface area contributed by atoms with Gasteiger partial charge in [0.25, 0.3) is 0 Å². The summed E-state index contributed by atoms with van der Waals surface area (Å²) in [5, 5.41) is 20.3. The molecule has 0 radical (unpaired) electrons. The number of oxime groups is 1. The Hall–Kier alpha value is -0.420. The maximum absolute atomic E-state index is 8.63. The Morgan fingerprint density at radius 3 is 2.85 bits per heavy atom. The number of nitrogens with two attached hydrogens (primary N) is 1. The molecule has 0 aromatic rings. The van der Waals surface area contributed by atoms with E-state index in [4.69, 9.17) is 16.0 Å². The van der Waals surface area contributed by atoms with Crippen molar-refractivity contribution in [2.24, 2.45) is 10.9 Å². The summed E-state index contributed by atoms with van der Waals surface area (Å²) in [6.07, 6.45) is 2.37. The van der Waals surface area contributed by atoms with Gasteiger partial charge in [0.05, 0.1) is 0 Å². The summed E-state index contributed by atoms with van der Waals surface area (Å²) in [7, 11) is 0. The molecule has 4 N–H and O–H groups in total. The number of hydrogen-bond acceptors (Lipinski definition) is 4. The number of thioether (sulfide) groups is 1. The van der Waals surface area contributed by atoms with Crippen LogP contribution in [0.3, 0.4) is 0 Å². The first-order valence-corrected chi connectivity index (χ1v) is 5.44. The van der Waals surface area contributed by atoms with Crippen LogP contribution in [0.1, 0.15) is 26.2 Å². The first kappa shape index (κ1) is 12.6. The van der Waals surface area contributed by atoms with Crippen molar-refractivity contribution in [3.05, 3.63) is 0 Å². The normalized spacial score (nSPS) is 14.5. The molecule has 0 amide bonds. The molecule has 4 nitrogen and oxygen atoms in total. The highest BCUT2D eigenvalue weighted by Gasteiger charge is 2.01. The minimum absolute atomic E-state index is 0.244. The molecule has 0 aliphatic heterocycles. The third-order valence-corrected chi connectivity index (χ3v) is 2.97. The SMILES string of the molecule is CC(CCO)SCCCC(N)=NO. The van der Waals surface area contributed by atoms with Gasteiger partial charge in [-0.3, -0.25) is 0 Å². The average molecular weight is 206 g/mol. The van der Waals surface area contributed by atoms with Crippen molar-refractivity contribution in [2.45, 2.75) is 31.4 Å². The lowest BCUT2D eigenvalue weighted by Gasteiger charge is -2.08. The quantitative estimate of drug-likeness (QED) is 0.191. The van der Waals surface area contributed by atoms with E-state index in [9.17, 15) is 0 Å². The smallest absolute Gasteiger partial charge is 0.139 e. The van der Waals surface area contributed by atoms with Gasteiger partial charge in [0.1, 0.15) is 5.84 Å². The van der Waals surface area contributed by atoms with Gasteiger partial charge in [-0.1, -0.05) is 12.1 Å². The number of nitrogens with zero attached hydrogens (tertiary/aromatic N) is 1. The van der Waals surface area contributed by atoms with E-state index in [1.165, 1.54) is 0 Å². The van der Waals surface area contributed by atoms with Crippen LogP contribution < -0.4 is 5.73 Å². The Kier molecular flexibility index (Phi) is 7.93. The summed E-state index contributed by atoms with van der Waals surface area (Å²) in [4.78, 5) is 0. The Labute approximate surface area is 83.2 Å². The van der Waals surface area contributed by atoms with Crippen molar-refractivity contribution >= 4 is 17.6 Å². The zero-order valence-corrected chi connectivity index (χ0v) is 8.76. The molecule has 0 aromatic carbocycles. The second-order valence-corrected chi connectivity index (χ2v) is 4.43. The van der Waals surface area contributed by atoms with Gasteiger partial charge in [-0.15, -0.1) is 0 Å². The number of aliphatic hydroxyl groups is 1. The van der Waals surface area contributed by atoms with Crippen molar-refractivity contribution in [2.75, 3.05) is 12.4 Å². The van der Waals surface area contributed by atoms with Crippen LogP contribution in [0.25, 0.3) is 0 Å². The van der Waals surface area contributed by atoms with Crippen molar-refractivity contribution in [3.8, 4) is 0 Å². The molecule has 78 valence electrons. The molecule has 0 bridgehead atoms. The lowest BCUT2D eigenvalue weighted by atomic mass is 10.3. The van der Waals surface area contributed by atoms with Gasteiger partial charge in [0.2, 0.25) is 0 Å². The Morgan fingerprint density at radius 2 is 2.31 bits per heavy atom. The highest BCUT2D eigenvalue weighted by atomic mass is 32.2. The maximum Gasteiger partial charge on any atom is 0.139 e. The standard InChI is InChI=1S/C8H18N2O2S/c1-7(4-5-11)13-6-2-3-8(9)10-12/h7,11-12H,2-6H2,1H3,(H2,9,10). The predicted octanol–water partition coefficient (Wildman–Crippen LogP) is 1.02. The van der Waals surface area contributed by atoms with Gasteiger partial charge in [-0.2, -0.15) is 11.8 Å². The monoisotopic (exact) mass is 206 g/mol. The molecule has 1 unspecified atom stereocenters. The van der Waals surface area contributed by atoms with Gasteiger partial charge in [0, 0.05) is 18.3 Å². The Morgan fingerprint density at radius 1 is 1.62 bits per heavy atom. The topological polar surface area (TPSA) is 78.8 Å². The molecule has 0 heterocycles. The predicted molar refractivity (Wildman–Crippen MR) is 56.3 cm³/mol. The number of aliphatic hydroxyl groups excluding tert-OH is 1. The van der Waals surface area contributed by atoms with E-state index in [2.05, 4.69) is 12.1 Å².